The third-order valence-corrected chi connectivity index (χ3v) is 10.4. The van der Waals surface area contributed by atoms with E-state index in [0.717, 1.165) is 47.1 Å². The minimum Gasteiger partial charge on any atom is -0.486 e. The number of aromatic nitrogens is 4. The Kier molecular flexibility index (Phi) is 9.78. The number of rotatable bonds is 11. The van der Waals surface area contributed by atoms with Crippen molar-refractivity contribution in [3.8, 4) is 56.0 Å². The number of pyridine rings is 4. The molecule has 0 radical (unpaired) electrons. The fraction of sp³-hybridized carbons (Fsp3) is 0.0909. The van der Waals surface area contributed by atoms with Gasteiger partial charge in [0, 0.05) is 63.9 Å². The topological polar surface area (TPSA) is 64.7 Å². The zero-order chi connectivity index (χ0) is 50.9. The molecule has 0 atom stereocenters. The standard InChI is InChI=1S/C55H35F4N4O.Ir/c1-33-9-19-45-44-7-4-8-48(54(44)64-55(45)63-33)53-24-16-38(32-62-53)42-5-2-3-6-43(42)39-26-36(12-10-34-14-22-51(60-30-34)46-20-17-40(56)28-49(46)58)25-37(27-39)13-11-35-15-23-52(61-31-35)47-21-18-41(57)29-50(47)59;/h2-7,9,14-19,22-32H,10-13H2,1H3;/q-3;+3/i10D2,11D2,12D2,13D2;. The van der Waals surface area contributed by atoms with E-state index in [-0.39, 0.29) is 70.4 Å². The number of aryl methyl sites for hydroxylation is 5. The third kappa shape index (κ3) is 9.14. The minimum absolute atomic E-state index is 0. The molecule has 5 aromatic carbocycles. The number of hydrogen-bond acceptors (Lipinski definition) is 5. The predicted molar refractivity (Wildman–Crippen MR) is 241 cm³/mol. The molecule has 0 spiro atoms. The van der Waals surface area contributed by atoms with E-state index in [1.54, 1.807) is 42.6 Å². The van der Waals surface area contributed by atoms with Gasteiger partial charge in [0.25, 0.3) is 0 Å². The summed E-state index contributed by atoms with van der Waals surface area (Å²) in [6.45, 7) is 1.87. The van der Waals surface area contributed by atoms with Crippen LogP contribution in [0.4, 0.5) is 17.6 Å². The fourth-order valence-electron chi connectivity index (χ4n) is 7.32. The molecule has 10 aromatic rings. The monoisotopic (exact) mass is 1040 g/mol. The van der Waals surface area contributed by atoms with Crippen LogP contribution in [0.15, 0.2) is 150 Å². The summed E-state index contributed by atoms with van der Waals surface area (Å²) >= 11 is 0. The molecule has 5 aromatic heterocycles. The summed E-state index contributed by atoms with van der Waals surface area (Å²) in [4.78, 5) is 17.7. The Labute approximate surface area is 397 Å². The van der Waals surface area contributed by atoms with Gasteiger partial charge < -0.3 is 19.4 Å². The molecule has 0 aliphatic carbocycles. The molecule has 10 rings (SSSR count). The quantitative estimate of drug-likeness (QED) is 0.0954. The summed E-state index contributed by atoms with van der Waals surface area (Å²) in [7, 11) is 0. The Morgan fingerprint density at radius 1 is 0.538 bits per heavy atom. The molecule has 0 fully saturated rings. The van der Waals surface area contributed by atoms with Crippen LogP contribution >= 0.6 is 0 Å². The SMILES string of the molecule is [2H]C([2H])(c1ccc(-c2[c-]cc(F)cc2F)nc1)C([2H])([2H])c1cc(-c2ccccc2-c2ccc(-c3[c-]ccc4c3oc3nc(C)ccc34)nc2)cc(C([2H])([2H])C([2H])([2H])c2ccc(-c3[c-]cc(F)cc3F)nc2)c1.[Ir+3]. The van der Waals surface area contributed by atoms with Crippen LogP contribution in [0.3, 0.4) is 0 Å². The van der Waals surface area contributed by atoms with Gasteiger partial charge in [-0.25, -0.2) is 4.98 Å². The van der Waals surface area contributed by atoms with Crippen molar-refractivity contribution in [2.24, 2.45) is 0 Å². The van der Waals surface area contributed by atoms with Gasteiger partial charge in [-0.1, -0.05) is 113 Å². The van der Waals surface area contributed by atoms with Crippen molar-refractivity contribution in [2.75, 3.05) is 0 Å². The Bertz CT molecular complexity index is 3590. The van der Waals surface area contributed by atoms with Gasteiger partial charge in [-0.05, 0) is 106 Å². The van der Waals surface area contributed by atoms with Crippen molar-refractivity contribution in [1.82, 2.24) is 19.9 Å². The van der Waals surface area contributed by atoms with E-state index in [1.807, 2.05) is 31.2 Å². The maximum atomic E-state index is 14.7. The number of halogens is 4. The maximum Gasteiger partial charge on any atom is 3.00 e. The van der Waals surface area contributed by atoms with Crippen LogP contribution in [-0.2, 0) is 45.6 Å². The zero-order valence-corrected chi connectivity index (χ0v) is 36.3. The minimum atomic E-state index is -3.00. The van der Waals surface area contributed by atoms with Crippen LogP contribution in [0, 0.1) is 48.4 Å². The second-order valence-electron chi connectivity index (χ2n) is 14.7. The van der Waals surface area contributed by atoms with E-state index in [1.165, 1.54) is 36.4 Å². The van der Waals surface area contributed by atoms with Crippen LogP contribution in [-0.4, -0.2) is 19.9 Å². The summed E-state index contributed by atoms with van der Waals surface area (Å²) in [5.74, 6) is -3.64. The maximum absolute atomic E-state index is 14.7. The molecule has 65 heavy (non-hydrogen) atoms. The summed E-state index contributed by atoms with van der Waals surface area (Å²) < 4.78 is 138. The first-order chi connectivity index (χ1) is 34.2. The fourth-order valence-corrected chi connectivity index (χ4v) is 7.32. The Balaban J connectivity index is 0.00000656. The molecule has 5 heterocycles. The first kappa shape index (κ1) is 34.3. The Hall–Kier alpha value is -7.13. The first-order valence-corrected chi connectivity index (χ1v) is 19.8. The second kappa shape index (κ2) is 18.5. The third-order valence-electron chi connectivity index (χ3n) is 10.4. The summed E-state index contributed by atoms with van der Waals surface area (Å²) in [5, 5.41) is 1.68. The summed E-state index contributed by atoms with van der Waals surface area (Å²) in [6.07, 6.45) is -8.18. The molecular weight excluding hydrogens is 1000 g/mol. The van der Waals surface area contributed by atoms with Gasteiger partial charge in [0.05, 0.1) is 5.58 Å². The molecule has 0 saturated carbocycles. The van der Waals surface area contributed by atoms with Gasteiger partial charge in [-0.2, -0.15) is 0 Å². The number of benzene rings is 5. The van der Waals surface area contributed by atoms with Gasteiger partial charge >= 0.3 is 20.1 Å². The van der Waals surface area contributed by atoms with E-state index >= 15 is 0 Å². The van der Waals surface area contributed by atoms with Gasteiger partial charge in [-0.15, -0.1) is 42.5 Å². The average molecular weight is 1040 g/mol. The predicted octanol–water partition coefficient (Wildman–Crippen LogP) is 13.3. The summed E-state index contributed by atoms with van der Waals surface area (Å²) in [5.41, 5.74) is 3.02. The number of nitrogens with zero attached hydrogens (tertiary/aromatic N) is 4. The zero-order valence-electron chi connectivity index (χ0n) is 41.9. The molecule has 0 aliphatic rings. The van der Waals surface area contributed by atoms with Gasteiger partial charge in [0.2, 0.25) is 5.71 Å². The van der Waals surface area contributed by atoms with Crippen molar-refractivity contribution in [2.45, 2.75) is 32.4 Å². The van der Waals surface area contributed by atoms with Gasteiger partial charge in [0.15, 0.2) is 0 Å². The molecule has 318 valence electrons. The molecular formula is C55H35F4IrN4O. The first-order valence-electron chi connectivity index (χ1n) is 23.8. The molecule has 0 amide bonds. The van der Waals surface area contributed by atoms with Crippen LogP contribution in [0.1, 0.15) is 38.9 Å². The van der Waals surface area contributed by atoms with Crippen LogP contribution in [0.5, 0.6) is 0 Å². The normalized spacial score (nSPS) is 14.0. The molecule has 0 bridgehead atoms. The largest absolute Gasteiger partial charge is 3.00 e. The van der Waals surface area contributed by atoms with E-state index in [9.17, 15) is 28.5 Å². The van der Waals surface area contributed by atoms with Crippen LogP contribution < -0.4 is 0 Å². The smallest absolute Gasteiger partial charge is 0.486 e. The van der Waals surface area contributed by atoms with Crippen molar-refractivity contribution in [1.29, 1.82) is 0 Å². The number of furan rings is 1. The molecule has 0 aliphatic heterocycles. The van der Waals surface area contributed by atoms with E-state index in [0.29, 0.717) is 51.4 Å². The van der Waals surface area contributed by atoms with Crippen LogP contribution in [0.25, 0.3) is 78.1 Å². The Morgan fingerprint density at radius 3 is 1.65 bits per heavy atom. The van der Waals surface area contributed by atoms with Crippen molar-refractivity contribution in [3.05, 3.63) is 215 Å². The molecule has 0 saturated heterocycles. The van der Waals surface area contributed by atoms with Gasteiger partial charge in [0.1, 0.15) is 0 Å². The Morgan fingerprint density at radius 2 is 1.09 bits per heavy atom. The van der Waals surface area contributed by atoms with Crippen molar-refractivity contribution >= 4 is 22.1 Å². The van der Waals surface area contributed by atoms with Gasteiger partial charge in [-0.3, -0.25) is 17.6 Å². The molecule has 10 heteroatoms. The molecule has 0 N–H and O–H groups in total. The van der Waals surface area contributed by atoms with E-state index in [4.69, 9.17) is 9.40 Å². The van der Waals surface area contributed by atoms with Crippen molar-refractivity contribution < 1.29 is 53.1 Å². The van der Waals surface area contributed by atoms with E-state index in [2.05, 4.69) is 33.2 Å². The second-order valence-corrected chi connectivity index (χ2v) is 14.7. The number of fused-ring (bicyclic) bond motifs is 3. The molecule has 0 unspecified atom stereocenters. The summed E-state index contributed by atoms with van der Waals surface area (Å²) in [6, 6.07) is 38.1. The van der Waals surface area contributed by atoms with Crippen LogP contribution in [0.2, 0.25) is 0 Å². The van der Waals surface area contributed by atoms with E-state index < -0.39 is 48.8 Å². The number of hydrogen-bond donors (Lipinski definition) is 0. The van der Waals surface area contributed by atoms with Crippen molar-refractivity contribution in [3.63, 3.8) is 0 Å². The molecule has 5 nitrogen and oxygen atoms in total. The average Bonchev–Trinajstić information content (AvgIpc) is 3.74.